The molecule has 1 aliphatic heterocycles. The highest BCUT2D eigenvalue weighted by atomic mass is 33.1. The Kier molecular flexibility index (Phi) is 6.28. The molecule has 0 N–H and O–H groups in total. The normalized spacial score (nSPS) is 20.8. The molecule has 0 aromatic rings. The van der Waals surface area contributed by atoms with Gasteiger partial charge in [-0.05, 0) is 14.0 Å². The van der Waals surface area contributed by atoms with E-state index in [2.05, 4.69) is 23.8 Å². The van der Waals surface area contributed by atoms with Gasteiger partial charge >= 0.3 is 0 Å². The standard InChI is InChI=1S/C9H19N2S2/c1-3-12-13-9-8-11-6-4-10(2)5-7-11/h1,3-9H2,2H3. The molecular weight excluding hydrogens is 200 g/mol. The summed E-state index contributed by atoms with van der Waals surface area (Å²) in [5, 5.41) is 0. The van der Waals surface area contributed by atoms with Gasteiger partial charge in [0.25, 0.3) is 0 Å². The Bertz CT molecular complexity index is 125. The second-order valence-electron chi connectivity index (χ2n) is 3.29. The van der Waals surface area contributed by atoms with Crippen LogP contribution in [-0.4, -0.2) is 61.1 Å². The molecule has 1 rings (SSSR count). The molecular formula is C9H19N2S2. The predicted octanol–water partition coefficient (Wildman–Crippen LogP) is 1.45. The molecule has 0 aliphatic carbocycles. The van der Waals surface area contributed by atoms with Crippen LogP contribution in [0.25, 0.3) is 0 Å². The van der Waals surface area contributed by atoms with Gasteiger partial charge in [0.05, 0.1) is 0 Å². The molecule has 0 bridgehead atoms. The van der Waals surface area contributed by atoms with Gasteiger partial charge in [0.1, 0.15) is 0 Å². The van der Waals surface area contributed by atoms with Gasteiger partial charge in [-0.2, -0.15) is 0 Å². The van der Waals surface area contributed by atoms with Crippen LogP contribution in [0.1, 0.15) is 0 Å². The molecule has 0 spiro atoms. The van der Waals surface area contributed by atoms with E-state index >= 15 is 0 Å². The van der Waals surface area contributed by atoms with E-state index in [1.54, 1.807) is 0 Å². The molecule has 0 saturated carbocycles. The number of likely N-dealkylation sites (N-methyl/N-ethyl adjacent to an activating group) is 1. The van der Waals surface area contributed by atoms with Crippen molar-refractivity contribution in [3.8, 4) is 0 Å². The van der Waals surface area contributed by atoms with Crippen LogP contribution in [-0.2, 0) is 0 Å². The van der Waals surface area contributed by atoms with Gasteiger partial charge in [0.2, 0.25) is 0 Å². The number of hydrogen-bond donors (Lipinski definition) is 0. The molecule has 1 radical (unpaired) electrons. The predicted molar refractivity (Wildman–Crippen MR) is 64.2 cm³/mol. The lowest BCUT2D eigenvalue weighted by Crippen LogP contribution is -2.45. The van der Waals surface area contributed by atoms with Crippen molar-refractivity contribution in [3.05, 3.63) is 6.92 Å². The third-order valence-corrected chi connectivity index (χ3v) is 4.44. The molecule has 1 saturated heterocycles. The summed E-state index contributed by atoms with van der Waals surface area (Å²) in [6, 6.07) is 0. The molecule has 4 heteroatoms. The van der Waals surface area contributed by atoms with E-state index in [0.717, 1.165) is 5.75 Å². The first-order chi connectivity index (χ1) is 6.33. The van der Waals surface area contributed by atoms with Crippen molar-refractivity contribution < 1.29 is 0 Å². The largest absolute Gasteiger partial charge is 0.304 e. The third kappa shape index (κ3) is 5.15. The minimum atomic E-state index is 0.980. The van der Waals surface area contributed by atoms with Crippen molar-refractivity contribution in [1.82, 2.24) is 9.80 Å². The van der Waals surface area contributed by atoms with E-state index in [-0.39, 0.29) is 0 Å². The van der Waals surface area contributed by atoms with Crippen LogP contribution in [0.15, 0.2) is 0 Å². The van der Waals surface area contributed by atoms with E-state index in [4.69, 9.17) is 0 Å². The van der Waals surface area contributed by atoms with E-state index in [1.807, 2.05) is 21.6 Å². The molecule has 0 atom stereocenters. The van der Waals surface area contributed by atoms with E-state index in [1.165, 1.54) is 38.5 Å². The molecule has 1 aliphatic rings. The van der Waals surface area contributed by atoms with Crippen molar-refractivity contribution in [3.63, 3.8) is 0 Å². The summed E-state index contributed by atoms with van der Waals surface area (Å²) in [7, 11) is 6.01. The van der Waals surface area contributed by atoms with Crippen molar-refractivity contribution in [2.75, 3.05) is 51.3 Å². The summed E-state index contributed by atoms with van der Waals surface area (Å²) in [6.07, 6.45) is 0. The lowest BCUT2D eigenvalue weighted by atomic mass is 10.3. The average Bonchev–Trinajstić information content (AvgIpc) is 2.15. The first-order valence-corrected chi connectivity index (χ1v) is 7.26. The van der Waals surface area contributed by atoms with Gasteiger partial charge < -0.3 is 4.90 Å². The smallest absolute Gasteiger partial charge is 0.0165 e. The highest BCUT2D eigenvalue weighted by molar-refractivity contribution is 8.76. The van der Waals surface area contributed by atoms with Gasteiger partial charge in [-0.25, -0.2) is 0 Å². The Hall–Kier alpha value is 0.620. The number of nitrogens with zero attached hydrogens (tertiary/aromatic N) is 2. The summed E-state index contributed by atoms with van der Waals surface area (Å²) in [4.78, 5) is 4.95. The van der Waals surface area contributed by atoms with Crippen LogP contribution < -0.4 is 0 Å². The monoisotopic (exact) mass is 219 g/mol. The first-order valence-electron chi connectivity index (χ1n) is 4.77. The fraction of sp³-hybridized carbons (Fsp3) is 0.889. The van der Waals surface area contributed by atoms with Crippen molar-refractivity contribution in [1.29, 1.82) is 0 Å². The van der Waals surface area contributed by atoms with E-state index in [9.17, 15) is 0 Å². The van der Waals surface area contributed by atoms with Crippen LogP contribution in [0.2, 0.25) is 0 Å². The van der Waals surface area contributed by atoms with Crippen LogP contribution in [0, 0.1) is 6.92 Å². The molecule has 0 unspecified atom stereocenters. The van der Waals surface area contributed by atoms with Crippen LogP contribution >= 0.6 is 21.6 Å². The summed E-state index contributed by atoms with van der Waals surface area (Å²) in [5.41, 5.74) is 0. The maximum Gasteiger partial charge on any atom is 0.0165 e. The quantitative estimate of drug-likeness (QED) is 0.510. The topological polar surface area (TPSA) is 6.48 Å². The Morgan fingerprint density at radius 3 is 2.46 bits per heavy atom. The van der Waals surface area contributed by atoms with Gasteiger partial charge in [-0.15, -0.1) is 0 Å². The summed E-state index contributed by atoms with van der Waals surface area (Å²) in [6.45, 7) is 9.99. The van der Waals surface area contributed by atoms with Crippen LogP contribution in [0.5, 0.6) is 0 Å². The first kappa shape index (κ1) is 11.7. The van der Waals surface area contributed by atoms with Gasteiger partial charge in [0.15, 0.2) is 0 Å². The Balaban J connectivity index is 1.96. The molecule has 1 heterocycles. The number of rotatable bonds is 5. The molecule has 0 aromatic carbocycles. The Morgan fingerprint density at radius 1 is 1.15 bits per heavy atom. The maximum atomic E-state index is 3.80. The fourth-order valence-corrected chi connectivity index (χ4v) is 2.85. The highest BCUT2D eigenvalue weighted by Gasteiger charge is 2.12. The number of piperazine rings is 1. The number of hydrogen-bond acceptors (Lipinski definition) is 4. The molecule has 2 nitrogen and oxygen atoms in total. The third-order valence-electron chi connectivity index (χ3n) is 2.25. The fourth-order valence-electron chi connectivity index (χ4n) is 1.36. The lowest BCUT2D eigenvalue weighted by molar-refractivity contribution is 0.161. The maximum absolute atomic E-state index is 3.80. The highest BCUT2D eigenvalue weighted by Crippen LogP contribution is 2.19. The van der Waals surface area contributed by atoms with Gasteiger partial charge in [-0.3, -0.25) is 4.90 Å². The Labute approximate surface area is 89.8 Å². The van der Waals surface area contributed by atoms with E-state index < -0.39 is 0 Å². The molecule has 0 amide bonds. The summed E-state index contributed by atoms with van der Waals surface area (Å²) >= 11 is 0. The van der Waals surface area contributed by atoms with Crippen molar-refractivity contribution in [2.45, 2.75) is 0 Å². The summed E-state index contributed by atoms with van der Waals surface area (Å²) in [5.74, 6) is 2.22. The van der Waals surface area contributed by atoms with Crippen molar-refractivity contribution in [2.24, 2.45) is 0 Å². The van der Waals surface area contributed by atoms with Gasteiger partial charge in [-0.1, -0.05) is 21.6 Å². The Morgan fingerprint density at radius 2 is 1.85 bits per heavy atom. The summed E-state index contributed by atoms with van der Waals surface area (Å²) < 4.78 is 0. The minimum Gasteiger partial charge on any atom is -0.304 e. The zero-order chi connectivity index (χ0) is 9.52. The molecule has 0 aromatic heterocycles. The zero-order valence-electron chi connectivity index (χ0n) is 8.37. The van der Waals surface area contributed by atoms with Crippen LogP contribution in [0.3, 0.4) is 0 Å². The average molecular weight is 219 g/mol. The second-order valence-corrected chi connectivity index (χ2v) is 5.99. The zero-order valence-corrected chi connectivity index (χ0v) is 10.0. The molecule has 77 valence electrons. The minimum absolute atomic E-state index is 0.980. The van der Waals surface area contributed by atoms with Crippen molar-refractivity contribution >= 4 is 21.6 Å². The van der Waals surface area contributed by atoms with E-state index in [0.29, 0.717) is 0 Å². The second kappa shape index (κ2) is 6.98. The lowest BCUT2D eigenvalue weighted by Gasteiger charge is -2.32. The van der Waals surface area contributed by atoms with Gasteiger partial charge in [0, 0.05) is 44.2 Å². The molecule has 13 heavy (non-hydrogen) atoms. The SMILES string of the molecule is [CH2]CSSCCN1CCN(C)CC1. The van der Waals surface area contributed by atoms with Crippen LogP contribution in [0.4, 0.5) is 0 Å². The molecule has 1 fully saturated rings.